The number of likely N-dealkylation sites (tertiary alicyclic amines) is 2. The highest BCUT2D eigenvalue weighted by atomic mass is 35.5. The number of benzene rings is 2. The van der Waals surface area contributed by atoms with Crippen LogP contribution in [0.3, 0.4) is 0 Å². The van der Waals surface area contributed by atoms with Crippen molar-refractivity contribution < 1.29 is 4.79 Å². The third kappa shape index (κ3) is 4.96. The molecular formula is C26H28Cl2N4O. The van der Waals surface area contributed by atoms with Gasteiger partial charge in [-0.15, -0.1) is 0 Å². The van der Waals surface area contributed by atoms with E-state index in [0.29, 0.717) is 22.0 Å². The third-order valence-electron chi connectivity index (χ3n) is 7.05. The molecule has 2 fully saturated rings. The van der Waals surface area contributed by atoms with Crippen molar-refractivity contribution in [3.8, 4) is 0 Å². The maximum absolute atomic E-state index is 12.9. The van der Waals surface area contributed by atoms with E-state index in [1.165, 1.54) is 18.4 Å². The molecule has 3 heterocycles. The van der Waals surface area contributed by atoms with Crippen LogP contribution in [-0.2, 0) is 4.79 Å². The number of halogens is 2. The number of hydrogen-bond acceptors (Lipinski definition) is 4. The molecular weight excluding hydrogens is 455 g/mol. The molecule has 2 aliphatic heterocycles. The first-order chi connectivity index (χ1) is 16.1. The maximum Gasteiger partial charge on any atom is 0.241 e. The van der Waals surface area contributed by atoms with Gasteiger partial charge in [-0.1, -0.05) is 53.5 Å². The zero-order valence-electron chi connectivity index (χ0n) is 18.5. The summed E-state index contributed by atoms with van der Waals surface area (Å²) < 4.78 is 0. The zero-order valence-corrected chi connectivity index (χ0v) is 20.0. The number of nitrogens with zero attached hydrogens (tertiary/aromatic N) is 3. The molecule has 2 aliphatic rings. The molecule has 0 aliphatic carbocycles. The fourth-order valence-electron chi connectivity index (χ4n) is 5.17. The summed E-state index contributed by atoms with van der Waals surface area (Å²) in [6.45, 7) is 4.10. The first kappa shape index (κ1) is 22.5. The highest BCUT2D eigenvalue weighted by Gasteiger charge is 2.32. The Hall–Kier alpha value is -2.34. The molecule has 33 heavy (non-hydrogen) atoms. The number of carbonyl (C=O) groups excluding carboxylic acids is 1. The van der Waals surface area contributed by atoms with E-state index in [2.05, 4.69) is 45.5 Å². The van der Waals surface area contributed by atoms with Crippen LogP contribution < -0.4 is 5.32 Å². The average Bonchev–Trinajstić information content (AvgIpc) is 3.34. The highest BCUT2D eigenvalue weighted by Crippen LogP contribution is 2.32. The summed E-state index contributed by atoms with van der Waals surface area (Å²) in [6, 6.07) is 16.7. The number of carbonyl (C=O) groups is 1. The van der Waals surface area contributed by atoms with Crippen molar-refractivity contribution in [1.29, 1.82) is 0 Å². The number of fused-ring (bicyclic) bond motifs is 1. The van der Waals surface area contributed by atoms with Gasteiger partial charge >= 0.3 is 0 Å². The molecule has 1 N–H and O–H groups in total. The first-order valence-corrected chi connectivity index (χ1v) is 12.4. The number of nitrogens with one attached hydrogen (secondary N) is 1. The summed E-state index contributed by atoms with van der Waals surface area (Å²) in [6.07, 6.45) is 5.15. The predicted molar refractivity (Wildman–Crippen MR) is 135 cm³/mol. The number of hydrogen-bond donors (Lipinski definition) is 1. The molecule has 0 saturated carbocycles. The molecule has 2 aromatic carbocycles. The van der Waals surface area contributed by atoms with Gasteiger partial charge in [0.15, 0.2) is 0 Å². The fraction of sp³-hybridized carbons (Fsp3) is 0.385. The normalized spacial score (nSPS) is 19.8. The molecule has 2 saturated heterocycles. The monoisotopic (exact) mass is 482 g/mol. The minimum absolute atomic E-state index is 0.127. The molecule has 1 amide bonds. The van der Waals surface area contributed by atoms with Crippen LogP contribution in [0.15, 0.2) is 54.7 Å². The zero-order chi connectivity index (χ0) is 22.8. The van der Waals surface area contributed by atoms with Crippen molar-refractivity contribution in [2.45, 2.75) is 31.2 Å². The number of pyridine rings is 1. The van der Waals surface area contributed by atoms with Crippen LogP contribution in [0.25, 0.3) is 10.9 Å². The van der Waals surface area contributed by atoms with Crippen molar-refractivity contribution in [3.05, 3.63) is 70.3 Å². The first-order valence-electron chi connectivity index (χ1n) is 11.6. The van der Waals surface area contributed by atoms with Gasteiger partial charge in [-0.25, -0.2) is 0 Å². The van der Waals surface area contributed by atoms with Gasteiger partial charge in [0.2, 0.25) is 5.91 Å². The van der Waals surface area contributed by atoms with Crippen LogP contribution in [0.1, 0.15) is 30.7 Å². The van der Waals surface area contributed by atoms with Gasteiger partial charge in [-0.2, -0.15) is 0 Å². The minimum atomic E-state index is 0.127. The Labute approximate surface area is 204 Å². The summed E-state index contributed by atoms with van der Waals surface area (Å²) in [5.74, 6) is 0.783. The lowest BCUT2D eigenvalue weighted by molar-refractivity contribution is -0.128. The summed E-state index contributed by atoms with van der Waals surface area (Å²) in [5, 5.41) is 5.09. The highest BCUT2D eigenvalue weighted by molar-refractivity contribution is 6.42. The van der Waals surface area contributed by atoms with Crippen LogP contribution in [0.5, 0.6) is 0 Å². The number of piperidine rings is 1. The molecule has 0 spiro atoms. The number of amides is 1. The van der Waals surface area contributed by atoms with E-state index < -0.39 is 0 Å². The third-order valence-corrected chi connectivity index (χ3v) is 7.77. The van der Waals surface area contributed by atoms with Crippen molar-refractivity contribution in [2.24, 2.45) is 0 Å². The largest absolute Gasteiger partial charge is 0.376 e. The van der Waals surface area contributed by atoms with E-state index in [9.17, 15) is 4.79 Å². The van der Waals surface area contributed by atoms with E-state index in [4.69, 9.17) is 23.2 Å². The Morgan fingerprint density at radius 1 is 1.00 bits per heavy atom. The average molecular weight is 483 g/mol. The molecule has 0 bridgehead atoms. The van der Waals surface area contributed by atoms with E-state index in [1.54, 1.807) is 18.3 Å². The molecule has 1 unspecified atom stereocenters. The molecule has 5 rings (SSSR count). The number of rotatable bonds is 5. The molecule has 5 nitrogen and oxygen atoms in total. The second-order valence-corrected chi connectivity index (χ2v) is 9.81. The Balaban J connectivity index is 1.14. The molecule has 1 aromatic heterocycles. The van der Waals surface area contributed by atoms with Gasteiger partial charge in [-0.05, 0) is 62.0 Å². The fourth-order valence-corrected chi connectivity index (χ4v) is 5.49. The van der Waals surface area contributed by atoms with E-state index in [1.807, 2.05) is 11.0 Å². The van der Waals surface area contributed by atoms with Crippen molar-refractivity contribution >= 4 is 45.7 Å². The second-order valence-electron chi connectivity index (χ2n) is 9.00. The van der Waals surface area contributed by atoms with Gasteiger partial charge in [0.05, 0.1) is 22.1 Å². The van der Waals surface area contributed by atoms with Gasteiger partial charge in [-0.3, -0.25) is 14.7 Å². The van der Waals surface area contributed by atoms with Gasteiger partial charge in [0.1, 0.15) is 0 Å². The lowest BCUT2D eigenvalue weighted by Gasteiger charge is -2.36. The summed E-state index contributed by atoms with van der Waals surface area (Å²) in [4.78, 5) is 21.9. The molecule has 3 aromatic rings. The van der Waals surface area contributed by atoms with Crippen LogP contribution >= 0.6 is 23.2 Å². The second kappa shape index (κ2) is 9.88. The van der Waals surface area contributed by atoms with Crippen LogP contribution in [0.4, 0.5) is 5.69 Å². The van der Waals surface area contributed by atoms with Crippen molar-refractivity contribution in [1.82, 2.24) is 14.8 Å². The topological polar surface area (TPSA) is 48.5 Å². The Morgan fingerprint density at radius 2 is 1.76 bits per heavy atom. The summed E-state index contributed by atoms with van der Waals surface area (Å²) >= 11 is 12.3. The Bertz CT molecular complexity index is 1130. The van der Waals surface area contributed by atoms with Crippen molar-refractivity contribution in [2.75, 3.05) is 38.0 Å². The SMILES string of the molecule is O=C(CNc1ccnc2cc(Cl)c(Cl)cc12)N1CCC(N2CCC(c3ccccc3)CC2)C1. The van der Waals surface area contributed by atoms with E-state index in [-0.39, 0.29) is 12.5 Å². The van der Waals surface area contributed by atoms with Crippen LogP contribution in [0, 0.1) is 0 Å². The molecule has 172 valence electrons. The number of aromatic nitrogens is 1. The molecule has 7 heteroatoms. The van der Waals surface area contributed by atoms with Crippen molar-refractivity contribution in [3.63, 3.8) is 0 Å². The maximum atomic E-state index is 12.9. The van der Waals surface area contributed by atoms with Gasteiger partial charge in [0.25, 0.3) is 0 Å². The van der Waals surface area contributed by atoms with E-state index in [0.717, 1.165) is 49.2 Å². The quantitative estimate of drug-likeness (QED) is 0.526. The Kier molecular flexibility index (Phi) is 6.72. The van der Waals surface area contributed by atoms with Gasteiger partial charge in [0, 0.05) is 36.4 Å². The predicted octanol–water partition coefficient (Wildman–Crippen LogP) is 5.43. The number of anilines is 1. The lowest BCUT2D eigenvalue weighted by atomic mass is 9.89. The van der Waals surface area contributed by atoms with Crippen LogP contribution in [-0.4, -0.2) is 59.5 Å². The summed E-state index contributed by atoms with van der Waals surface area (Å²) in [5.41, 5.74) is 3.05. The lowest BCUT2D eigenvalue weighted by Crippen LogP contribution is -2.43. The minimum Gasteiger partial charge on any atom is -0.376 e. The van der Waals surface area contributed by atoms with Crippen LogP contribution in [0.2, 0.25) is 10.0 Å². The van der Waals surface area contributed by atoms with Gasteiger partial charge < -0.3 is 10.2 Å². The van der Waals surface area contributed by atoms with E-state index >= 15 is 0 Å². The Morgan fingerprint density at radius 3 is 2.55 bits per heavy atom. The molecule has 1 atom stereocenters. The molecule has 0 radical (unpaired) electrons. The summed E-state index contributed by atoms with van der Waals surface area (Å²) in [7, 11) is 0. The standard InChI is InChI=1S/C26H28Cl2N4O/c27-22-14-21-24(6-10-29-25(21)15-23(22)28)30-16-26(33)32-13-9-20(17-32)31-11-7-19(8-12-31)18-4-2-1-3-5-18/h1-6,10,14-15,19-20H,7-9,11-13,16-17H2,(H,29,30). The smallest absolute Gasteiger partial charge is 0.241 e.